The van der Waals surface area contributed by atoms with E-state index in [2.05, 4.69) is 38.8 Å². The molecule has 0 aromatic heterocycles. The van der Waals surface area contributed by atoms with Crippen LogP contribution in [0.4, 0.5) is 0 Å². The molecule has 0 unspecified atom stereocenters. The maximum Gasteiger partial charge on any atom is 0.123 e. The topological polar surface area (TPSA) is 35.5 Å². The van der Waals surface area contributed by atoms with Gasteiger partial charge in [0.1, 0.15) is 5.75 Å². The lowest BCUT2D eigenvalue weighted by Gasteiger charge is -2.35. The standard InChI is InChI=1S/C16H23BrN2O.2ClH/c1-3-4-5-15(19-8-6-18-7-9-19)14-11-13(17)10-12(2)16(14)20;;/h3,10-11,15,18,20H,1,4-9H2,2H3;2*1H/t15-;;/m0../s1. The molecule has 1 heterocycles. The van der Waals surface area contributed by atoms with Crippen LogP contribution in [-0.4, -0.2) is 36.2 Å². The zero-order valence-corrected chi connectivity index (χ0v) is 16.1. The Morgan fingerprint density at radius 3 is 2.59 bits per heavy atom. The molecule has 1 aliphatic rings. The Balaban J connectivity index is 0.00000220. The van der Waals surface area contributed by atoms with Gasteiger partial charge in [0.15, 0.2) is 0 Å². The van der Waals surface area contributed by atoms with E-state index in [4.69, 9.17) is 0 Å². The first-order chi connectivity index (χ1) is 9.63. The van der Waals surface area contributed by atoms with Gasteiger partial charge in [0.05, 0.1) is 0 Å². The molecule has 6 heteroatoms. The van der Waals surface area contributed by atoms with Gasteiger partial charge in [-0.15, -0.1) is 31.4 Å². The molecular formula is C16H25BrCl2N2O. The van der Waals surface area contributed by atoms with Crippen molar-refractivity contribution in [2.75, 3.05) is 26.2 Å². The van der Waals surface area contributed by atoms with Gasteiger partial charge in [-0.3, -0.25) is 4.90 Å². The predicted molar refractivity (Wildman–Crippen MR) is 102 cm³/mol. The molecule has 0 bridgehead atoms. The average Bonchev–Trinajstić information content (AvgIpc) is 2.45. The van der Waals surface area contributed by atoms with Crippen LogP contribution in [0, 0.1) is 6.92 Å². The minimum absolute atomic E-state index is 0. The van der Waals surface area contributed by atoms with Crippen molar-refractivity contribution >= 4 is 40.7 Å². The Kier molecular flexibility index (Phi) is 10.4. The van der Waals surface area contributed by atoms with E-state index in [0.717, 1.165) is 54.6 Å². The molecule has 3 nitrogen and oxygen atoms in total. The van der Waals surface area contributed by atoms with E-state index in [1.807, 2.05) is 19.1 Å². The maximum atomic E-state index is 10.4. The molecule has 0 radical (unpaired) electrons. The molecule has 0 saturated carbocycles. The summed E-state index contributed by atoms with van der Waals surface area (Å²) in [6.07, 6.45) is 3.91. The van der Waals surface area contributed by atoms with Crippen LogP contribution in [0.25, 0.3) is 0 Å². The lowest BCUT2D eigenvalue weighted by Crippen LogP contribution is -2.45. The first kappa shape index (κ1) is 21.7. The van der Waals surface area contributed by atoms with Crippen molar-refractivity contribution in [1.82, 2.24) is 10.2 Å². The summed E-state index contributed by atoms with van der Waals surface area (Å²) in [5.74, 6) is 0.431. The molecule has 22 heavy (non-hydrogen) atoms. The van der Waals surface area contributed by atoms with E-state index >= 15 is 0 Å². The Hall–Kier alpha value is -0.260. The van der Waals surface area contributed by atoms with Gasteiger partial charge >= 0.3 is 0 Å². The van der Waals surface area contributed by atoms with Crippen LogP contribution >= 0.6 is 40.7 Å². The Morgan fingerprint density at radius 1 is 1.36 bits per heavy atom. The van der Waals surface area contributed by atoms with Crippen LogP contribution in [0.2, 0.25) is 0 Å². The van der Waals surface area contributed by atoms with Gasteiger partial charge in [-0.05, 0) is 37.5 Å². The molecule has 0 aliphatic carbocycles. The highest BCUT2D eigenvalue weighted by Crippen LogP contribution is 2.36. The van der Waals surface area contributed by atoms with Gasteiger partial charge in [0, 0.05) is 42.3 Å². The monoisotopic (exact) mass is 410 g/mol. The molecule has 2 rings (SSSR count). The molecule has 126 valence electrons. The van der Waals surface area contributed by atoms with Crippen LogP contribution in [0.3, 0.4) is 0 Å². The molecule has 1 aromatic rings. The number of phenolic OH excluding ortho intramolecular Hbond substituents is 1. The number of phenols is 1. The van der Waals surface area contributed by atoms with Gasteiger partial charge in [-0.2, -0.15) is 0 Å². The third-order valence-corrected chi connectivity index (χ3v) is 4.35. The van der Waals surface area contributed by atoms with Crippen LogP contribution in [0.15, 0.2) is 29.3 Å². The smallest absolute Gasteiger partial charge is 0.123 e. The van der Waals surface area contributed by atoms with E-state index in [-0.39, 0.29) is 30.9 Å². The van der Waals surface area contributed by atoms with E-state index in [1.165, 1.54) is 0 Å². The van der Waals surface area contributed by atoms with Gasteiger partial charge < -0.3 is 10.4 Å². The number of nitrogens with zero attached hydrogens (tertiary/aromatic N) is 1. The number of aromatic hydroxyl groups is 1. The molecule has 2 N–H and O–H groups in total. The van der Waals surface area contributed by atoms with Gasteiger partial charge in [0.25, 0.3) is 0 Å². The van der Waals surface area contributed by atoms with Crippen molar-refractivity contribution in [1.29, 1.82) is 0 Å². The second-order valence-corrected chi connectivity index (χ2v) is 6.24. The number of rotatable bonds is 5. The number of halogens is 3. The highest BCUT2D eigenvalue weighted by atomic mass is 79.9. The summed E-state index contributed by atoms with van der Waals surface area (Å²) in [7, 11) is 0. The highest BCUT2D eigenvalue weighted by Gasteiger charge is 2.24. The summed E-state index contributed by atoms with van der Waals surface area (Å²) in [5, 5.41) is 13.8. The number of nitrogens with one attached hydrogen (secondary N) is 1. The van der Waals surface area contributed by atoms with Crippen molar-refractivity contribution in [3.05, 3.63) is 40.4 Å². The number of hydrogen-bond acceptors (Lipinski definition) is 3. The van der Waals surface area contributed by atoms with Gasteiger partial charge in [-0.25, -0.2) is 0 Å². The zero-order valence-electron chi connectivity index (χ0n) is 12.8. The molecule has 1 aliphatic heterocycles. The fraction of sp³-hybridized carbons (Fsp3) is 0.500. The summed E-state index contributed by atoms with van der Waals surface area (Å²) < 4.78 is 1.03. The second-order valence-electron chi connectivity index (χ2n) is 5.33. The third-order valence-electron chi connectivity index (χ3n) is 3.89. The van der Waals surface area contributed by atoms with E-state index in [9.17, 15) is 5.11 Å². The Morgan fingerprint density at radius 2 is 2.00 bits per heavy atom. The normalized spacial score (nSPS) is 16.3. The van der Waals surface area contributed by atoms with E-state index in [1.54, 1.807) is 0 Å². The van der Waals surface area contributed by atoms with Crippen LogP contribution < -0.4 is 5.32 Å². The zero-order chi connectivity index (χ0) is 14.5. The Bertz CT molecular complexity index is 479. The van der Waals surface area contributed by atoms with Crippen molar-refractivity contribution in [3.63, 3.8) is 0 Å². The fourth-order valence-electron chi connectivity index (χ4n) is 2.82. The largest absolute Gasteiger partial charge is 0.507 e. The van der Waals surface area contributed by atoms with Gasteiger partial charge in [-0.1, -0.05) is 22.0 Å². The molecule has 1 fully saturated rings. The first-order valence-corrected chi connectivity index (χ1v) is 7.97. The predicted octanol–water partition coefficient (Wildman–Crippen LogP) is 4.22. The van der Waals surface area contributed by atoms with Crippen LogP contribution in [-0.2, 0) is 0 Å². The van der Waals surface area contributed by atoms with Crippen LogP contribution in [0.5, 0.6) is 5.75 Å². The molecule has 0 spiro atoms. The molecule has 1 atom stereocenters. The SMILES string of the molecule is C=CCC[C@@H](c1cc(Br)cc(C)c1O)N1CCNCC1.Cl.Cl. The number of hydrogen-bond donors (Lipinski definition) is 2. The molecule has 0 amide bonds. The summed E-state index contributed by atoms with van der Waals surface area (Å²) >= 11 is 3.55. The quantitative estimate of drug-likeness (QED) is 0.712. The van der Waals surface area contributed by atoms with E-state index in [0.29, 0.717) is 5.75 Å². The first-order valence-electron chi connectivity index (χ1n) is 7.18. The molecule has 1 aromatic carbocycles. The summed E-state index contributed by atoms with van der Waals surface area (Å²) in [6.45, 7) is 9.84. The number of allylic oxidation sites excluding steroid dienone is 1. The summed E-state index contributed by atoms with van der Waals surface area (Å²) in [5.41, 5.74) is 1.95. The minimum Gasteiger partial charge on any atom is -0.507 e. The molecule has 1 saturated heterocycles. The minimum atomic E-state index is 0. The summed E-state index contributed by atoms with van der Waals surface area (Å²) in [4.78, 5) is 2.46. The Labute approximate surface area is 154 Å². The highest BCUT2D eigenvalue weighted by molar-refractivity contribution is 9.10. The number of aryl methyl sites for hydroxylation is 1. The van der Waals surface area contributed by atoms with Crippen molar-refractivity contribution in [2.45, 2.75) is 25.8 Å². The summed E-state index contributed by atoms with van der Waals surface area (Å²) in [6, 6.07) is 4.27. The number of piperazine rings is 1. The molecular weight excluding hydrogens is 387 g/mol. The third kappa shape index (κ3) is 5.43. The second kappa shape index (κ2) is 10.5. The average molecular weight is 412 g/mol. The van der Waals surface area contributed by atoms with Crippen molar-refractivity contribution < 1.29 is 5.11 Å². The maximum absolute atomic E-state index is 10.4. The van der Waals surface area contributed by atoms with Crippen molar-refractivity contribution in [2.24, 2.45) is 0 Å². The van der Waals surface area contributed by atoms with Gasteiger partial charge in [0.2, 0.25) is 0 Å². The van der Waals surface area contributed by atoms with Crippen LogP contribution in [0.1, 0.15) is 30.0 Å². The van der Waals surface area contributed by atoms with E-state index < -0.39 is 0 Å². The fourth-order valence-corrected chi connectivity index (χ4v) is 3.41. The number of benzene rings is 1. The van der Waals surface area contributed by atoms with Crippen molar-refractivity contribution in [3.8, 4) is 5.75 Å². The lowest BCUT2D eigenvalue weighted by molar-refractivity contribution is 0.163. The lowest BCUT2D eigenvalue weighted by atomic mass is 9.96.